The van der Waals surface area contributed by atoms with Crippen LogP contribution in [-0.2, 0) is 16.6 Å². The van der Waals surface area contributed by atoms with Crippen LogP contribution in [0.4, 0.5) is 0 Å². The highest BCUT2D eigenvalue weighted by molar-refractivity contribution is 7.89. The van der Waals surface area contributed by atoms with Crippen LogP contribution in [-0.4, -0.2) is 27.9 Å². The number of benzene rings is 2. The number of sulfonamides is 1. The van der Waals surface area contributed by atoms with E-state index < -0.39 is 10.0 Å². The summed E-state index contributed by atoms with van der Waals surface area (Å²) >= 11 is 0. The van der Waals surface area contributed by atoms with Crippen LogP contribution in [0.2, 0.25) is 0 Å². The maximum absolute atomic E-state index is 12.3. The zero-order chi connectivity index (χ0) is 17.3. The van der Waals surface area contributed by atoms with Crippen LogP contribution in [0.15, 0.2) is 72.1 Å². The standard InChI is InChI=1S/C17H15N5O2S/c23-25(24,14-4-2-1-3-5-14)19-11-17-20-15-7-6-13(10-16(15)21-17)22-9-8-18-12-22/h1-10,12,19H,11H2,(H,20,21). The molecule has 0 spiro atoms. The Labute approximate surface area is 144 Å². The molecule has 126 valence electrons. The van der Waals surface area contributed by atoms with E-state index >= 15 is 0 Å². The molecule has 0 saturated heterocycles. The van der Waals surface area contributed by atoms with Crippen molar-refractivity contribution in [3.63, 3.8) is 0 Å². The van der Waals surface area contributed by atoms with Crippen molar-refractivity contribution < 1.29 is 8.42 Å². The molecule has 0 atom stereocenters. The molecule has 0 amide bonds. The smallest absolute Gasteiger partial charge is 0.240 e. The van der Waals surface area contributed by atoms with Crippen molar-refractivity contribution in [3.05, 3.63) is 73.1 Å². The molecule has 2 aromatic carbocycles. The Kier molecular flexibility index (Phi) is 3.83. The van der Waals surface area contributed by atoms with Gasteiger partial charge < -0.3 is 9.55 Å². The first kappa shape index (κ1) is 15.6. The molecule has 0 aliphatic rings. The van der Waals surface area contributed by atoms with Crippen LogP contribution in [0.5, 0.6) is 0 Å². The molecular formula is C17H15N5O2S. The van der Waals surface area contributed by atoms with Crippen LogP contribution < -0.4 is 4.72 Å². The van der Waals surface area contributed by atoms with E-state index in [0.717, 1.165) is 16.7 Å². The second-order valence-corrected chi connectivity index (χ2v) is 7.26. The monoisotopic (exact) mass is 353 g/mol. The van der Waals surface area contributed by atoms with Gasteiger partial charge in [-0.05, 0) is 30.3 Å². The van der Waals surface area contributed by atoms with Crippen molar-refractivity contribution in [3.8, 4) is 5.69 Å². The third kappa shape index (κ3) is 3.17. The molecule has 0 aliphatic heterocycles. The number of aromatic amines is 1. The molecule has 4 aromatic rings. The number of hydrogen-bond acceptors (Lipinski definition) is 4. The molecule has 0 saturated carbocycles. The number of hydrogen-bond donors (Lipinski definition) is 2. The Morgan fingerprint density at radius 1 is 1.12 bits per heavy atom. The fraction of sp³-hybridized carbons (Fsp3) is 0.0588. The average molecular weight is 353 g/mol. The molecule has 8 heteroatoms. The zero-order valence-electron chi connectivity index (χ0n) is 13.1. The normalized spacial score (nSPS) is 11.8. The van der Waals surface area contributed by atoms with E-state index in [-0.39, 0.29) is 11.4 Å². The molecule has 2 aromatic heterocycles. The fourth-order valence-corrected chi connectivity index (χ4v) is 3.56. The van der Waals surface area contributed by atoms with Gasteiger partial charge in [0.1, 0.15) is 5.82 Å². The summed E-state index contributed by atoms with van der Waals surface area (Å²) in [5.41, 5.74) is 2.55. The molecule has 0 aliphatic carbocycles. The van der Waals surface area contributed by atoms with Gasteiger partial charge in [-0.25, -0.2) is 23.1 Å². The molecule has 2 N–H and O–H groups in total. The van der Waals surface area contributed by atoms with Crippen molar-refractivity contribution in [1.29, 1.82) is 0 Å². The van der Waals surface area contributed by atoms with Gasteiger partial charge in [0, 0.05) is 18.1 Å². The van der Waals surface area contributed by atoms with Crippen LogP contribution in [0.3, 0.4) is 0 Å². The van der Waals surface area contributed by atoms with E-state index in [4.69, 9.17) is 0 Å². The molecular weight excluding hydrogens is 338 g/mol. The van der Waals surface area contributed by atoms with Crippen LogP contribution >= 0.6 is 0 Å². The van der Waals surface area contributed by atoms with E-state index in [1.54, 1.807) is 42.9 Å². The molecule has 0 unspecified atom stereocenters. The molecule has 0 radical (unpaired) electrons. The number of rotatable bonds is 5. The van der Waals surface area contributed by atoms with Gasteiger partial charge in [-0.2, -0.15) is 0 Å². The van der Waals surface area contributed by atoms with Gasteiger partial charge >= 0.3 is 0 Å². The first-order valence-corrected chi connectivity index (χ1v) is 9.12. The predicted molar refractivity (Wildman–Crippen MR) is 93.7 cm³/mol. The Morgan fingerprint density at radius 2 is 1.96 bits per heavy atom. The van der Waals surface area contributed by atoms with Gasteiger partial charge in [0.2, 0.25) is 10.0 Å². The lowest BCUT2D eigenvalue weighted by molar-refractivity contribution is 0.579. The van der Waals surface area contributed by atoms with Gasteiger partial charge in [-0.15, -0.1) is 0 Å². The van der Waals surface area contributed by atoms with Gasteiger partial charge in [0.05, 0.1) is 28.8 Å². The minimum absolute atomic E-state index is 0.0896. The van der Waals surface area contributed by atoms with E-state index in [1.807, 2.05) is 29.0 Å². The Hall–Kier alpha value is -2.97. The summed E-state index contributed by atoms with van der Waals surface area (Å²) in [6, 6.07) is 14.0. The third-order valence-electron chi connectivity index (χ3n) is 3.80. The maximum atomic E-state index is 12.3. The predicted octanol–water partition coefficient (Wildman–Crippen LogP) is 2.23. The lowest BCUT2D eigenvalue weighted by atomic mass is 10.3. The Morgan fingerprint density at radius 3 is 2.72 bits per heavy atom. The molecule has 25 heavy (non-hydrogen) atoms. The second-order valence-electron chi connectivity index (χ2n) is 5.49. The minimum atomic E-state index is -3.56. The summed E-state index contributed by atoms with van der Waals surface area (Å²) in [6.07, 6.45) is 5.27. The summed E-state index contributed by atoms with van der Waals surface area (Å²) in [5, 5.41) is 0. The van der Waals surface area contributed by atoms with Crippen molar-refractivity contribution in [2.45, 2.75) is 11.4 Å². The highest BCUT2D eigenvalue weighted by atomic mass is 32.2. The summed E-state index contributed by atoms with van der Waals surface area (Å²) in [6.45, 7) is 0.0896. The van der Waals surface area contributed by atoms with E-state index in [9.17, 15) is 8.42 Å². The van der Waals surface area contributed by atoms with Crippen molar-refractivity contribution in [2.75, 3.05) is 0 Å². The minimum Gasteiger partial charge on any atom is -0.341 e. The molecule has 0 bridgehead atoms. The van der Waals surface area contributed by atoms with Gasteiger partial charge in [0.15, 0.2) is 0 Å². The molecule has 2 heterocycles. The van der Waals surface area contributed by atoms with Crippen LogP contribution in [0.1, 0.15) is 5.82 Å². The second kappa shape index (κ2) is 6.15. The van der Waals surface area contributed by atoms with E-state index in [0.29, 0.717) is 5.82 Å². The average Bonchev–Trinajstić information content (AvgIpc) is 3.29. The maximum Gasteiger partial charge on any atom is 0.240 e. The molecule has 4 rings (SSSR count). The first-order chi connectivity index (χ1) is 12.1. The lowest BCUT2D eigenvalue weighted by Gasteiger charge is -2.04. The van der Waals surface area contributed by atoms with Gasteiger partial charge in [0.25, 0.3) is 0 Å². The van der Waals surface area contributed by atoms with Crippen LogP contribution in [0, 0.1) is 0 Å². The van der Waals surface area contributed by atoms with Gasteiger partial charge in [-0.1, -0.05) is 18.2 Å². The summed E-state index contributed by atoms with van der Waals surface area (Å²) in [7, 11) is -3.56. The number of imidazole rings is 2. The number of nitrogens with one attached hydrogen (secondary N) is 2. The lowest BCUT2D eigenvalue weighted by Crippen LogP contribution is -2.23. The first-order valence-electron chi connectivity index (χ1n) is 7.63. The van der Waals surface area contributed by atoms with E-state index in [2.05, 4.69) is 19.7 Å². The molecule has 0 fully saturated rings. The largest absolute Gasteiger partial charge is 0.341 e. The van der Waals surface area contributed by atoms with Crippen molar-refractivity contribution in [1.82, 2.24) is 24.2 Å². The number of fused-ring (bicyclic) bond motifs is 1. The quantitative estimate of drug-likeness (QED) is 0.575. The topological polar surface area (TPSA) is 92.7 Å². The number of aromatic nitrogens is 4. The van der Waals surface area contributed by atoms with Crippen LogP contribution in [0.25, 0.3) is 16.7 Å². The summed E-state index contributed by atoms with van der Waals surface area (Å²) in [4.78, 5) is 11.9. The molecule has 7 nitrogen and oxygen atoms in total. The van der Waals surface area contributed by atoms with Crippen molar-refractivity contribution >= 4 is 21.1 Å². The highest BCUT2D eigenvalue weighted by Crippen LogP contribution is 2.17. The third-order valence-corrected chi connectivity index (χ3v) is 5.22. The van der Waals surface area contributed by atoms with Gasteiger partial charge in [-0.3, -0.25) is 0 Å². The SMILES string of the molecule is O=S(=O)(NCc1nc2cc(-n3ccnc3)ccc2[nH]1)c1ccccc1. The number of H-pyrrole nitrogens is 1. The zero-order valence-corrected chi connectivity index (χ0v) is 13.9. The Balaban J connectivity index is 1.56. The van der Waals surface area contributed by atoms with E-state index in [1.165, 1.54) is 0 Å². The highest BCUT2D eigenvalue weighted by Gasteiger charge is 2.14. The summed E-state index contributed by atoms with van der Waals surface area (Å²) in [5.74, 6) is 0.553. The van der Waals surface area contributed by atoms with Crippen molar-refractivity contribution in [2.24, 2.45) is 0 Å². The number of nitrogens with zero attached hydrogens (tertiary/aromatic N) is 3. The Bertz CT molecular complexity index is 1100. The summed E-state index contributed by atoms with van der Waals surface area (Å²) < 4.78 is 29.0. The fourth-order valence-electron chi connectivity index (χ4n) is 2.55.